The molecule has 59 heavy (non-hydrogen) atoms. The third-order valence-electron chi connectivity index (χ3n) is 12.0. The van der Waals surface area contributed by atoms with Gasteiger partial charge in [0.15, 0.2) is 0 Å². The van der Waals surface area contributed by atoms with Gasteiger partial charge in [0.1, 0.15) is 0 Å². The van der Waals surface area contributed by atoms with Gasteiger partial charge in [-0.3, -0.25) is 0 Å². The van der Waals surface area contributed by atoms with Gasteiger partial charge in [0, 0.05) is 42.1 Å². The summed E-state index contributed by atoms with van der Waals surface area (Å²) in [5.41, 5.74) is 13.5. The number of hydrogen-bond donors (Lipinski definition) is 0. The Morgan fingerprint density at radius 2 is 0.661 bits per heavy atom. The molecule has 2 heteroatoms. The molecule has 0 unspecified atom stereocenters. The summed E-state index contributed by atoms with van der Waals surface area (Å²) in [5.74, 6) is 0. The van der Waals surface area contributed by atoms with Gasteiger partial charge >= 0.3 is 0 Å². The summed E-state index contributed by atoms with van der Waals surface area (Å²) in [6.07, 6.45) is 0. The van der Waals surface area contributed by atoms with Crippen molar-refractivity contribution in [2.45, 2.75) is 38.8 Å². The lowest BCUT2D eigenvalue weighted by atomic mass is 9.82. The van der Waals surface area contributed by atoms with Crippen LogP contribution in [0.15, 0.2) is 256 Å². The predicted octanol–water partition coefficient (Wildman–Crippen LogP) is 16.1. The van der Waals surface area contributed by atoms with E-state index in [2.05, 4.69) is 255 Å². The Bertz CT molecular complexity index is 2750. The van der Waals surface area contributed by atoms with Crippen molar-refractivity contribution in [3.05, 3.63) is 248 Å². The molecule has 0 aromatic heterocycles. The van der Waals surface area contributed by atoms with Crippen LogP contribution < -0.4 is 4.90 Å². The van der Waals surface area contributed by atoms with Crippen molar-refractivity contribution in [3.8, 4) is 33.4 Å². The number of nitrogens with zero attached hydrogens (tertiary/aromatic N) is 1. The van der Waals surface area contributed by atoms with Crippen LogP contribution in [0.25, 0.3) is 33.4 Å². The zero-order valence-electron chi connectivity index (χ0n) is 33.4. The van der Waals surface area contributed by atoms with Gasteiger partial charge in [-0.25, -0.2) is 0 Å². The smallest absolute Gasteiger partial charge is 0.0465 e. The standard InChI is InChI=1S/C57H45NS/c1-57(2)55-26-16-15-25-53(55)54-40-37-48(41-56(54)57)58(46-33-27-43(28-34-46)42-17-7-3-8-18-42)47-35-29-44(30-36-47)45-31-38-52(39-32-45)59(49-19-9-4-10-20-49,50-21-11-5-12-22-50)51-23-13-6-14-24-51/h3-41H,1-2H3. The molecule has 0 spiro atoms. The van der Waals surface area contributed by atoms with Crippen LogP contribution in [0, 0.1) is 0 Å². The van der Waals surface area contributed by atoms with Crippen LogP contribution in [0.5, 0.6) is 0 Å². The molecule has 0 saturated carbocycles. The lowest BCUT2D eigenvalue weighted by molar-refractivity contribution is 0.660. The molecule has 1 aliphatic rings. The minimum Gasteiger partial charge on any atom is -0.310 e. The van der Waals surface area contributed by atoms with E-state index in [9.17, 15) is 0 Å². The highest BCUT2D eigenvalue weighted by molar-refractivity contribution is 8.34. The number of rotatable bonds is 9. The average molecular weight is 776 g/mol. The SMILES string of the molecule is CC1(C)c2ccccc2-c2ccc(N(c3ccc(-c4ccccc4)cc3)c3ccc(-c4ccc(S(c5ccccc5)(c5ccccc5)c5ccccc5)cc4)cc3)cc21. The molecule has 9 aromatic rings. The summed E-state index contributed by atoms with van der Waals surface area (Å²) in [6, 6.07) is 87.0. The molecule has 0 fully saturated rings. The molecule has 0 amide bonds. The fourth-order valence-corrected chi connectivity index (χ4v) is 12.9. The average Bonchev–Trinajstić information content (AvgIpc) is 3.54. The Labute approximate surface area is 350 Å². The minimum absolute atomic E-state index is 0.0956. The van der Waals surface area contributed by atoms with E-state index in [0.717, 1.165) is 17.1 Å². The van der Waals surface area contributed by atoms with Crippen molar-refractivity contribution in [2.24, 2.45) is 0 Å². The van der Waals surface area contributed by atoms with Crippen molar-refractivity contribution in [1.82, 2.24) is 0 Å². The summed E-state index contributed by atoms with van der Waals surface area (Å²) >= 11 is 0. The molecule has 9 aromatic carbocycles. The molecule has 0 heterocycles. The molecule has 0 atom stereocenters. The molecule has 1 nitrogen and oxygen atoms in total. The number of fused-ring (bicyclic) bond motifs is 3. The Hall–Kier alpha value is -6.87. The Kier molecular flexibility index (Phi) is 9.36. The number of benzene rings is 9. The van der Waals surface area contributed by atoms with Crippen LogP contribution in [0.3, 0.4) is 0 Å². The van der Waals surface area contributed by atoms with Crippen molar-refractivity contribution < 1.29 is 0 Å². The zero-order chi connectivity index (χ0) is 39.8. The summed E-state index contributed by atoms with van der Waals surface area (Å²) in [7, 11) is -1.75. The molecule has 284 valence electrons. The lowest BCUT2D eigenvalue weighted by Gasteiger charge is -2.42. The Morgan fingerprint density at radius 1 is 0.305 bits per heavy atom. The van der Waals surface area contributed by atoms with E-state index < -0.39 is 10.0 Å². The van der Waals surface area contributed by atoms with Gasteiger partial charge < -0.3 is 4.90 Å². The first kappa shape index (κ1) is 36.5. The van der Waals surface area contributed by atoms with Crippen molar-refractivity contribution >= 4 is 27.1 Å². The molecule has 0 radical (unpaired) electrons. The second kappa shape index (κ2) is 15.1. The van der Waals surface area contributed by atoms with Gasteiger partial charge in [-0.15, -0.1) is 10.0 Å². The van der Waals surface area contributed by atoms with Gasteiger partial charge in [-0.2, -0.15) is 0 Å². The first-order chi connectivity index (χ1) is 29.0. The topological polar surface area (TPSA) is 3.24 Å². The van der Waals surface area contributed by atoms with E-state index in [4.69, 9.17) is 0 Å². The molecular weight excluding hydrogens is 731 g/mol. The Morgan fingerprint density at radius 3 is 1.15 bits per heavy atom. The molecule has 0 N–H and O–H groups in total. The summed E-state index contributed by atoms with van der Waals surface area (Å²) in [5, 5.41) is 0. The first-order valence-corrected chi connectivity index (χ1v) is 22.0. The molecule has 0 aliphatic heterocycles. The lowest BCUT2D eigenvalue weighted by Crippen LogP contribution is -2.16. The third kappa shape index (κ3) is 6.38. The maximum atomic E-state index is 2.41. The summed E-state index contributed by atoms with van der Waals surface area (Å²) < 4.78 is 0. The van der Waals surface area contributed by atoms with E-state index in [-0.39, 0.29) is 5.41 Å². The fourth-order valence-electron chi connectivity index (χ4n) is 9.06. The van der Waals surface area contributed by atoms with Crippen LogP contribution in [0.2, 0.25) is 0 Å². The fraction of sp³-hybridized carbons (Fsp3) is 0.0526. The van der Waals surface area contributed by atoms with Gasteiger partial charge in [-0.1, -0.05) is 166 Å². The van der Waals surface area contributed by atoms with Gasteiger partial charge in [0.05, 0.1) is 0 Å². The third-order valence-corrected chi connectivity index (χ3v) is 15.9. The van der Waals surface area contributed by atoms with Gasteiger partial charge in [0.25, 0.3) is 0 Å². The van der Waals surface area contributed by atoms with Gasteiger partial charge in [0.2, 0.25) is 0 Å². The van der Waals surface area contributed by atoms with Crippen molar-refractivity contribution in [1.29, 1.82) is 0 Å². The maximum absolute atomic E-state index is 2.41. The van der Waals surface area contributed by atoms with E-state index in [0.29, 0.717) is 0 Å². The highest BCUT2D eigenvalue weighted by atomic mass is 32.3. The first-order valence-electron chi connectivity index (χ1n) is 20.4. The van der Waals surface area contributed by atoms with Crippen LogP contribution in [-0.4, -0.2) is 0 Å². The summed E-state index contributed by atoms with van der Waals surface area (Å²) in [4.78, 5) is 7.69. The van der Waals surface area contributed by atoms with Crippen molar-refractivity contribution in [2.75, 3.05) is 4.90 Å². The molecular formula is C57H45NS. The highest BCUT2D eigenvalue weighted by Gasteiger charge is 2.36. The van der Waals surface area contributed by atoms with Gasteiger partial charge in [-0.05, 0) is 129 Å². The molecule has 0 saturated heterocycles. The van der Waals surface area contributed by atoms with E-state index in [1.165, 1.54) is 64.1 Å². The minimum atomic E-state index is -1.75. The van der Waals surface area contributed by atoms with E-state index in [1.807, 2.05) is 0 Å². The predicted molar refractivity (Wildman–Crippen MR) is 250 cm³/mol. The number of hydrogen-bond acceptors (Lipinski definition) is 1. The van der Waals surface area contributed by atoms with Crippen molar-refractivity contribution in [3.63, 3.8) is 0 Å². The van der Waals surface area contributed by atoms with E-state index >= 15 is 0 Å². The van der Waals surface area contributed by atoms with Crippen LogP contribution in [-0.2, 0) is 5.41 Å². The van der Waals surface area contributed by atoms with Crippen LogP contribution in [0.4, 0.5) is 17.1 Å². The second-order valence-corrected chi connectivity index (χ2v) is 18.9. The quantitative estimate of drug-likeness (QED) is 0.141. The zero-order valence-corrected chi connectivity index (χ0v) is 34.2. The van der Waals surface area contributed by atoms with E-state index in [1.54, 1.807) is 0 Å². The highest BCUT2D eigenvalue weighted by Crippen LogP contribution is 2.73. The normalized spacial score (nSPS) is 13.0. The summed E-state index contributed by atoms with van der Waals surface area (Å²) in [6.45, 7) is 4.71. The second-order valence-electron chi connectivity index (χ2n) is 15.8. The Balaban J connectivity index is 1.04. The molecule has 1 aliphatic carbocycles. The molecule has 10 rings (SSSR count). The maximum Gasteiger partial charge on any atom is 0.0465 e. The van der Waals surface area contributed by atoms with Crippen LogP contribution >= 0.6 is 10.0 Å². The monoisotopic (exact) mass is 775 g/mol. The van der Waals surface area contributed by atoms with Crippen LogP contribution in [0.1, 0.15) is 25.0 Å². The molecule has 0 bridgehead atoms. The largest absolute Gasteiger partial charge is 0.310 e. The number of anilines is 3.